The average molecular weight is 1210 g/mol. The van der Waals surface area contributed by atoms with Crippen LogP contribution in [0.1, 0.15) is 105 Å². The Morgan fingerprint density at radius 3 is 1.34 bits per heavy atom. The molecule has 4 N–H and O–H groups in total. The molecule has 6 aliphatic rings. The Balaban J connectivity index is 0.000000276. The van der Waals surface area contributed by atoms with Crippen molar-refractivity contribution in [2.24, 2.45) is 0 Å². The van der Waals surface area contributed by atoms with Gasteiger partial charge in [-0.05, 0) is 93.4 Å². The van der Waals surface area contributed by atoms with Crippen molar-refractivity contribution in [1.29, 1.82) is 0 Å². The zero-order valence-electron chi connectivity index (χ0n) is 43.3. The molecular weight excluding hydrogens is 1140 g/mol. The maximum absolute atomic E-state index is 11.3. The number of nitrogens with zero attached hydrogens (tertiary/aromatic N) is 9. The number of aliphatic hydroxyl groups is 4. The third-order valence-electron chi connectivity index (χ3n) is 13.3. The fourth-order valence-corrected chi connectivity index (χ4v) is 9.89. The third kappa shape index (κ3) is 13.6. The number of carbonyl (C=O) groups excluding carboxylic acids is 1. The Hall–Kier alpha value is -2.60. The van der Waals surface area contributed by atoms with Crippen LogP contribution in [0.25, 0.3) is 33.1 Å². The number of aldehydes is 1. The van der Waals surface area contributed by atoms with Crippen LogP contribution in [0.4, 0.5) is 0 Å². The van der Waals surface area contributed by atoms with Crippen LogP contribution in [0.15, 0.2) is 55.8 Å². The number of hydrogen-bond acceptors (Lipinski definition) is 19. The SMILES string of the molecule is C.C.C1CCOC1.Cc1ncnc2c1ccn2[C@@H]1O[C@@H](C=O)[C@H]2OC(C)(C)OC12.Cc1ncnc2c1ccn2[C@@H]1O[C@@H]([C@@H](C)O)[C@@H](O)C1O.Cc1ncnc2c1ccn2[C@@H]1O[C@@H]([C@@H](C)O)[C@H]2OC(C)(C)OC12.[Br-].[CH3-].[Mg+2].[Y]. The summed E-state index contributed by atoms with van der Waals surface area (Å²) in [5.74, 6) is -1.43. The van der Waals surface area contributed by atoms with Gasteiger partial charge >= 0.3 is 23.1 Å². The number of carbonyl (C=O) groups is 1. The summed E-state index contributed by atoms with van der Waals surface area (Å²) in [5, 5.41) is 42.5. The summed E-state index contributed by atoms with van der Waals surface area (Å²) in [7, 11) is 0. The second kappa shape index (κ2) is 27.7. The molecule has 6 aromatic heterocycles. The number of aliphatic hydroxyl groups excluding tert-OH is 4. The smallest absolute Gasteiger partial charge is 1.00 e. The molecule has 0 aliphatic carbocycles. The van der Waals surface area contributed by atoms with Gasteiger partial charge in [-0.25, -0.2) is 29.9 Å². The summed E-state index contributed by atoms with van der Waals surface area (Å²) in [6.45, 7) is 18.4. The molecule has 76 heavy (non-hydrogen) atoms. The van der Waals surface area contributed by atoms with Crippen LogP contribution in [0, 0.1) is 28.2 Å². The van der Waals surface area contributed by atoms with E-state index in [0.717, 1.165) is 64.0 Å². The fourth-order valence-electron chi connectivity index (χ4n) is 9.89. The van der Waals surface area contributed by atoms with E-state index in [1.165, 1.54) is 32.4 Å². The first kappa shape index (κ1) is 67.7. The maximum atomic E-state index is 11.3. The zero-order chi connectivity index (χ0) is 49.8. The number of aryl methyl sites for hydroxylation is 3. The molecule has 0 bridgehead atoms. The molecule has 12 rings (SSSR count). The van der Waals surface area contributed by atoms with Crippen molar-refractivity contribution in [3.8, 4) is 0 Å². The van der Waals surface area contributed by atoms with Gasteiger partial charge in [-0.1, -0.05) is 14.9 Å². The minimum Gasteiger partial charge on any atom is -1.00 e. The number of ether oxygens (including phenoxy) is 8. The van der Waals surface area contributed by atoms with Crippen molar-refractivity contribution in [3.05, 3.63) is 80.3 Å². The molecule has 14 atom stereocenters. The quantitative estimate of drug-likeness (QED) is 0.105. The molecule has 6 aromatic rings. The molecular formula is C51H74BrMgN9O13Y. The number of hydrogen-bond donors (Lipinski definition) is 4. The Bertz CT molecular complexity index is 2790. The zero-order valence-corrected chi connectivity index (χ0v) is 49.2. The molecule has 12 heterocycles. The Kier molecular flexibility index (Phi) is 24.7. The minimum atomic E-state index is -1.14. The van der Waals surface area contributed by atoms with E-state index in [-0.39, 0.29) is 113 Å². The minimum absolute atomic E-state index is 0. The van der Waals surface area contributed by atoms with Gasteiger partial charge in [0.1, 0.15) is 90.9 Å². The van der Waals surface area contributed by atoms with Crippen LogP contribution in [0.3, 0.4) is 0 Å². The van der Waals surface area contributed by atoms with E-state index in [4.69, 9.17) is 37.9 Å². The number of rotatable bonds is 6. The van der Waals surface area contributed by atoms with E-state index < -0.39 is 79.1 Å². The molecule has 0 amide bonds. The van der Waals surface area contributed by atoms with Crippen molar-refractivity contribution in [3.63, 3.8) is 0 Å². The summed E-state index contributed by atoms with van der Waals surface area (Å²) in [4.78, 5) is 36.7. The third-order valence-corrected chi connectivity index (χ3v) is 13.3. The van der Waals surface area contributed by atoms with Crippen LogP contribution in [0.5, 0.6) is 0 Å². The molecule has 0 saturated carbocycles. The molecule has 22 nitrogen and oxygen atoms in total. The van der Waals surface area contributed by atoms with Gasteiger partial charge < -0.3 is 101 Å². The van der Waals surface area contributed by atoms with Crippen molar-refractivity contribution in [1.82, 2.24) is 43.6 Å². The fraction of sp³-hybridized carbons (Fsp3) is 0.608. The van der Waals surface area contributed by atoms with Gasteiger partial charge in [0.15, 0.2) is 36.5 Å². The molecule has 0 spiro atoms. The largest absolute Gasteiger partial charge is 2.00 e. The van der Waals surface area contributed by atoms with E-state index >= 15 is 0 Å². The average Bonchev–Trinajstić information content (AvgIpc) is 4.17. The van der Waals surface area contributed by atoms with E-state index in [1.54, 1.807) is 24.0 Å². The Morgan fingerprint density at radius 1 is 0.592 bits per heavy atom. The van der Waals surface area contributed by atoms with Crippen LogP contribution < -0.4 is 17.0 Å². The molecule has 3 unspecified atom stereocenters. The van der Waals surface area contributed by atoms with Crippen molar-refractivity contribution in [2.45, 2.75) is 187 Å². The summed E-state index contributed by atoms with van der Waals surface area (Å²) in [6, 6.07) is 5.75. The second-order valence-electron chi connectivity index (χ2n) is 19.3. The molecule has 6 saturated heterocycles. The summed E-state index contributed by atoms with van der Waals surface area (Å²) < 4.78 is 51.7. The Labute approximate surface area is 496 Å². The first-order chi connectivity index (χ1) is 33.4. The first-order valence-electron chi connectivity index (χ1n) is 23.7. The van der Waals surface area contributed by atoms with Gasteiger partial charge in [-0.3, -0.25) is 0 Å². The van der Waals surface area contributed by atoms with E-state index in [1.807, 2.05) is 88.2 Å². The molecule has 6 fully saturated rings. The predicted molar refractivity (Wildman–Crippen MR) is 273 cm³/mol. The predicted octanol–water partition coefficient (Wildman–Crippen LogP) is 1.77. The molecule has 1 radical (unpaired) electrons. The normalized spacial score (nSPS) is 29.9. The number of aromatic nitrogens is 9. The van der Waals surface area contributed by atoms with E-state index in [2.05, 4.69) is 29.9 Å². The summed E-state index contributed by atoms with van der Waals surface area (Å²) >= 11 is 0. The molecule has 0 aromatic carbocycles. The maximum Gasteiger partial charge on any atom is 2.00 e. The van der Waals surface area contributed by atoms with Gasteiger partial charge in [0.25, 0.3) is 0 Å². The van der Waals surface area contributed by atoms with Gasteiger partial charge in [-0.15, -0.1) is 0 Å². The summed E-state index contributed by atoms with van der Waals surface area (Å²) in [5.41, 5.74) is 4.82. The number of fused-ring (bicyclic) bond motifs is 5. The molecule has 25 heteroatoms. The van der Waals surface area contributed by atoms with Gasteiger partial charge in [0.05, 0.1) is 29.3 Å². The van der Waals surface area contributed by atoms with Gasteiger partial charge in [0, 0.05) is 80.7 Å². The van der Waals surface area contributed by atoms with E-state index in [0.29, 0.717) is 5.65 Å². The van der Waals surface area contributed by atoms with E-state index in [9.17, 15) is 25.2 Å². The topological polar surface area (TPSA) is 264 Å². The monoisotopic (exact) mass is 1210 g/mol. The summed E-state index contributed by atoms with van der Waals surface area (Å²) in [6.07, 6.45) is 4.70. The number of halogens is 1. The van der Waals surface area contributed by atoms with Crippen LogP contribution >= 0.6 is 0 Å². The van der Waals surface area contributed by atoms with Crippen molar-refractivity contribution < 1.29 is 113 Å². The van der Waals surface area contributed by atoms with Crippen molar-refractivity contribution >= 4 is 62.4 Å². The van der Waals surface area contributed by atoms with Crippen LogP contribution in [0.2, 0.25) is 0 Å². The second-order valence-corrected chi connectivity index (χ2v) is 19.3. The molecule has 6 aliphatic heterocycles. The van der Waals surface area contributed by atoms with Crippen LogP contribution in [-0.4, -0.2) is 185 Å². The Morgan fingerprint density at radius 2 is 0.961 bits per heavy atom. The first-order valence-corrected chi connectivity index (χ1v) is 23.7. The van der Waals surface area contributed by atoms with Gasteiger partial charge in [-0.2, -0.15) is 0 Å². The van der Waals surface area contributed by atoms with Gasteiger partial charge in [0.2, 0.25) is 0 Å². The standard InChI is InChI=1S/C16H21N3O4.C15H17N3O4.C13H17N3O4.C4H8O.2CH4.CH3.BrH.Mg.Y/c1-8-10-5-6-19(14(10)18-7-17-8)15-13-12(11(21-15)9(2)20)22-16(3,4)23-13;1-8-9-4-5-18(13(9)17-7-16-8)14-12-11(10(6-19)20-14)21-15(2,3)22-12;1-6-8-3-4-16(12(8)15-5-14-6)13-10(19)9(18)11(20-13)7(2)17;1-2-4-5-3-1;;;;;;/h5-7,9,11-13,15,20H,1-4H3;4-7,10-12,14H,1-3H3;3-5,7,9-11,13,17-19H,1-2H3;1-4H2;2*1H4;1H3;1H;;/q;;;;;;-1;;+2;/p-1/t9-,11+,12-,13?,15-;10-,11+,12?,14+;7-,9+,10?,11+,13-;;;;;;;/m101......./s1. The molecule has 413 valence electrons. The van der Waals surface area contributed by atoms with Crippen molar-refractivity contribution in [2.75, 3.05) is 13.2 Å². The van der Waals surface area contributed by atoms with Crippen LogP contribution in [-0.2, 0) is 75.4 Å².